The van der Waals surface area contributed by atoms with Crippen molar-refractivity contribution in [1.29, 1.82) is 0 Å². The van der Waals surface area contributed by atoms with Crippen molar-refractivity contribution in [3.63, 3.8) is 0 Å². The van der Waals surface area contributed by atoms with Crippen LogP contribution in [0.2, 0.25) is 0 Å². The van der Waals surface area contributed by atoms with Gasteiger partial charge in [-0.25, -0.2) is 0 Å². The van der Waals surface area contributed by atoms with Crippen LogP contribution in [0, 0.1) is 20.8 Å². The molecule has 3 aromatic rings. The SMILES string of the molecule is CCC(C)c1ccc(NC(=S)Nc2c(C)nn(Cc3ccc(C)cc3)c2C)cc1. The second-order valence-electron chi connectivity index (χ2n) is 7.70. The van der Waals surface area contributed by atoms with E-state index < -0.39 is 0 Å². The standard InChI is InChI=1S/C24H30N4S/c1-6-17(3)21-11-13-22(14-12-21)25-24(29)26-23-18(4)27-28(19(23)5)15-20-9-7-16(2)8-10-20/h7-14,17H,6,15H2,1-5H3,(H2,25,26,29). The molecule has 0 aliphatic heterocycles. The van der Waals surface area contributed by atoms with E-state index in [0.717, 1.165) is 35.7 Å². The summed E-state index contributed by atoms with van der Waals surface area (Å²) in [5.41, 5.74) is 7.79. The summed E-state index contributed by atoms with van der Waals surface area (Å²) >= 11 is 5.54. The first-order valence-corrected chi connectivity index (χ1v) is 10.6. The van der Waals surface area contributed by atoms with Crippen LogP contribution in [0.5, 0.6) is 0 Å². The van der Waals surface area contributed by atoms with Crippen LogP contribution in [0.3, 0.4) is 0 Å². The highest BCUT2D eigenvalue weighted by Gasteiger charge is 2.13. The van der Waals surface area contributed by atoms with E-state index in [4.69, 9.17) is 17.3 Å². The van der Waals surface area contributed by atoms with Crippen LogP contribution in [0.1, 0.15) is 54.3 Å². The summed E-state index contributed by atoms with van der Waals surface area (Å²) in [6.07, 6.45) is 1.14. The number of nitrogens with one attached hydrogen (secondary N) is 2. The molecule has 0 bridgehead atoms. The molecule has 152 valence electrons. The lowest BCUT2D eigenvalue weighted by molar-refractivity contribution is 0.659. The maximum absolute atomic E-state index is 5.54. The maximum Gasteiger partial charge on any atom is 0.175 e. The third kappa shape index (κ3) is 5.24. The van der Waals surface area contributed by atoms with Crippen molar-refractivity contribution in [3.8, 4) is 0 Å². The molecule has 0 aliphatic rings. The van der Waals surface area contributed by atoms with Crippen LogP contribution in [-0.4, -0.2) is 14.9 Å². The molecule has 1 atom stereocenters. The molecule has 1 aromatic heterocycles. The molecule has 3 rings (SSSR count). The maximum atomic E-state index is 5.54. The number of hydrogen-bond acceptors (Lipinski definition) is 2. The number of anilines is 2. The highest BCUT2D eigenvalue weighted by molar-refractivity contribution is 7.80. The Kier molecular flexibility index (Phi) is 6.70. The molecule has 0 fully saturated rings. The minimum Gasteiger partial charge on any atom is -0.332 e. The second kappa shape index (κ2) is 9.23. The zero-order chi connectivity index (χ0) is 21.0. The molecule has 2 aromatic carbocycles. The Labute approximate surface area is 179 Å². The van der Waals surface area contributed by atoms with Crippen molar-refractivity contribution in [3.05, 3.63) is 76.6 Å². The Bertz CT molecular complexity index is 971. The van der Waals surface area contributed by atoms with E-state index in [1.807, 2.05) is 11.6 Å². The average molecular weight is 407 g/mol. The Morgan fingerprint density at radius 2 is 1.66 bits per heavy atom. The number of rotatable bonds is 6. The highest BCUT2D eigenvalue weighted by atomic mass is 32.1. The molecule has 0 amide bonds. The smallest absolute Gasteiger partial charge is 0.175 e. The molecule has 0 spiro atoms. The van der Waals surface area contributed by atoms with Gasteiger partial charge in [-0.2, -0.15) is 5.10 Å². The number of aryl methyl sites for hydroxylation is 2. The fourth-order valence-electron chi connectivity index (χ4n) is 3.30. The fraction of sp³-hybridized carbons (Fsp3) is 0.333. The van der Waals surface area contributed by atoms with E-state index in [1.165, 1.54) is 16.7 Å². The second-order valence-corrected chi connectivity index (χ2v) is 8.11. The third-order valence-electron chi connectivity index (χ3n) is 5.42. The minimum absolute atomic E-state index is 0.568. The number of benzene rings is 2. The summed E-state index contributed by atoms with van der Waals surface area (Å²) in [7, 11) is 0. The quantitative estimate of drug-likeness (QED) is 0.480. The molecule has 1 unspecified atom stereocenters. The van der Waals surface area contributed by atoms with Crippen LogP contribution in [-0.2, 0) is 6.54 Å². The molecular formula is C24H30N4S. The van der Waals surface area contributed by atoms with Crippen LogP contribution in [0.15, 0.2) is 48.5 Å². The van der Waals surface area contributed by atoms with Crippen molar-refractivity contribution >= 4 is 28.7 Å². The van der Waals surface area contributed by atoms with Gasteiger partial charge in [0, 0.05) is 5.69 Å². The predicted octanol–water partition coefficient (Wildman–Crippen LogP) is 6.18. The lowest BCUT2D eigenvalue weighted by atomic mass is 9.99. The Hall–Kier alpha value is -2.66. The topological polar surface area (TPSA) is 41.9 Å². The van der Waals surface area contributed by atoms with E-state index in [-0.39, 0.29) is 0 Å². The summed E-state index contributed by atoms with van der Waals surface area (Å²) in [4.78, 5) is 0. The van der Waals surface area contributed by atoms with Gasteiger partial charge < -0.3 is 10.6 Å². The molecule has 5 heteroatoms. The fourth-order valence-corrected chi connectivity index (χ4v) is 3.52. The molecule has 1 heterocycles. The summed E-state index contributed by atoms with van der Waals surface area (Å²) < 4.78 is 2.02. The van der Waals surface area contributed by atoms with Crippen molar-refractivity contribution < 1.29 is 0 Å². The molecule has 2 N–H and O–H groups in total. The van der Waals surface area contributed by atoms with Crippen molar-refractivity contribution in [2.24, 2.45) is 0 Å². The van der Waals surface area contributed by atoms with Gasteiger partial charge in [0.25, 0.3) is 0 Å². The van der Waals surface area contributed by atoms with Gasteiger partial charge in [0.2, 0.25) is 0 Å². The first-order valence-electron chi connectivity index (χ1n) is 10.1. The van der Waals surface area contributed by atoms with E-state index in [0.29, 0.717) is 11.0 Å². The van der Waals surface area contributed by atoms with Gasteiger partial charge in [0.05, 0.1) is 23.6 Å². The zero-order valence-corrected chi connectivity index (χ0v) is 18.7. The summed E-state index contributed by atoms with van der Waals surface area (Å²) in [6, 6.07) is 17.0. The van der Waals surface area contributed by atoms with Crippen LogP contribution in [0.4, 0.5) is 11.4 Å². The predicted molar refractivity (Wildman–Crippen MR) is 127 cm³/mol. The number of hydrogen-bond donors (Lipinski definition) is 2. The van der Waals surface area contributed by atoms with Crippen molar-refractivity contribution in [1.82, 2.24) is 9.78 Å². The van der Waals surface area contributed by atoms with E-state index in [1.54, 1.807) is 0 Å². The van der Waals surface area contributed by atoms with E-state index in [2.05, 4.69) is 86.9 Å². The monoisotopic (exact) mass is 406 g/mol. The van der Waals surface area contributed by atoms with E-state index in [9.17, 15) is 0 Å². The highest BCUT2D eigenvalue weighted by Crippen LogP contribution is 2.23. The molecule has 0 aliphatic carbocycles. The average Bonchev–Trinajstić information content (AvgIpc) is 2.97. The summed E-state index contributed by atoms with van der Waals surface area (Å²) in [6.45, 7) is 11.4. The molecule has 29 heavy (non-hydrogen) atoms. The zero-order valence-electron chi connectivity index (χ0n) is 17.9. The van der Waals surface area contributed by atoms with Gasteiger partial charge in [0.15, 0.2) is 5.11 Å². The van der Waals surface area contributed by atoms with Crippen LogP contribution in [0.25, 0.3) is 0 Å². The molecule has 0 saturated heterocycles. The Morgan fingerprint density at radius 1 is 1.00 bits per heavy atom. The molecular weight excluding hydrogens is 376 g/mol. The third-order valence-corrected chi connectivity index (χ3v) is 5.63. The van der Waals surface area contributed by atoms with Gasteiger partial charge in [0.1, 0.15) is 0 Å². The molecule has 0 saturated carbocycles. The lowest BCUT2D eigenvalue weighted by Crippen LogP contribution is -2.20. The van der Waals surface area contributed by atoms with Gasteiger partial charge in [-0.05, 0) is 68.6 Å². The normalized spacial score (nSPS) is 11.9. The van der Waals surface area contributed by atoms with Gasteiger partial charge in [-0.1, -0.05) is 55.8 Å². The van der Waals surface area contributed by atoms with Gasteiger partial charge >= 0.3 is 0 Å². The van der Waals surface area contributed by atoms with Gasteiger partial charge in [-0.15, -0.1) is 0 Å². The number of nitrogens with zero attached hydrogens (tertiary/aromatic N) is 2. The number of thiocarbonyl (C=S) groups is 1. The minimum atomic E-state index is 0.568. The van der Waals surface area contributed by atoms with Gasteiger partial charge in [-0.3, -0.25) is 4.68 Å². The van der Waals surface area contributed by atoms with Crippen molar-refractivity contribution in [2.45, 2.75) is 53.5 Å². The van der Waals surface area contributed by atoms with Crippen molar-refractivity contribution in [2.75, 3.05) is 10.6 Å². The van der Waals surface area contributed by atoms with Crippen LogP contribution < -0.4 is 10.6 Å². The first-order chi connectivity index (χ1) is 13.9. The molecule has 4 nitrogen and oxygen atoms in total. The Balaban J connectivity index is 1.67. The first kappa shape index (κ1) is 21.1. The van der Waals surface area contributed by atoms with E-state index >= 15 is 0 Å². The Morgan fingerprint density at radius 3 is 2.28 bits per heavy atom. The summed E-state index contributed by atoms with van der Waals surface area (Å²) in [5, 5.41) is 11.9. The summed E-state index contributed by atoms with van der Waals surface area (Å²) in [5.74, 6) is 0.568. The van der Waals surface area contributed by atoms with Crippen LogP contribution >= 0.6 is 12.2 Å². The molecule has 0 radical (unpaired) electrons. The largest absolute Gasteiger partial charge is 0.332 e. The lowest BCUT2D eigenvalue weighted by Gasteiger charge is -2.13. The number of aromatic nitrogens is 2.